The second-order valence-corrected chi connectivity index (χ2v) is 5.01. The van der Waals surface area contributed by atoms with Gasteiger partial charge in [-0.05, 0) is 0 Å². The molecule has 0 aromatic rings. The van der Waals surface area contributed by atoms with Gasteiger partial charge in [-0.2, -0.15) is 0 Å². The normalized spacial score (nSPS) is 11.2. The summed E-state index contributed by atoms with van der Waals surface area (Å²) in [5.41, 5.74) is 0. The van der Waals surface area contributed by atoms with Gasteiger partial charge in [0.1, 0.15) is 0 Å². The number of hydrogen-bond acceptors (Lipinski definition) is 6. The molecule has 0 aliphatic heterocycles. The minimum absolute atomic E-state index is 0.175. The topological polar surface area (TPSA) is 55.4 Å². The molecule has 6 nitrogen and oxygen atoms in total. The van der Waals surface area contributed by atoms with Crippen LogP contribution in [0.25, 0.3) is 0 Å². The molecule has 7 heteroatoms. The fourth-order valence-electron chi connectivity index (χ4n) is 0.603. The first kappa shape index (κ1) is 16.3. The summed E-state index contributed by atoms with van der Waals surface area (Å²) in [5.74, 6) is 0. The Balaban J connectivity index is 3.58. The fraction of sp³-hybridized carbons (Fsp3) is 1.00. The Bertz CT molecular complexity index is 113. The van der Waals surface area contributed by atoms with Gasteiger partial charge in [-0.3, -0.25) is 0 Å². The zero-order valence-corrected chi connectivity index (χ0v) is 12.0. The molecule has 0 fully saturated rings. The van der Waals surface area contributed by atoms with E-state index in [-0.39, 0.29) is 20.4 Å². The molecule has 16 heavy (non-hydrogen) atoms. The summed E-state index contributed by atoms with van der Waals surface area (Å²) in [6.07, 6.45) is 0. The Hall–Kier alpha value is 0.318. The van der Waals surface area contributed by atoms with Gasteiger partial charge in [0.2, 0.25) is 0 Å². The maximum atomic E-state index is 5.29. The van der Waals surface area contributed by atoms with E-state index in [0.29, 0.717) is 19.8 Å². The summed E-state index contributed by atoms with van der Waals surface area (Å²) in [6.45, 7) is 7.99. The zero-order chi connectivity index (χ0) is 12.1. The molecule has 0 spiro atoms. The Morgan fingerprint density at radius 1 is 0.625 bits per heavy atom. The maximum absolute atomic E-state index is 5.29. The number of rotatable bonds is 12. The van der Waals surface area contributed by atoms with Crippen LogP contribution in [-0.2, 0) is 25.4 Å². The first-order valence-electron chi connectivity index (χ1n) is 5.27. The minimum atomic E-state index is -2.27. The van der Waals surface area contributed by atoms with Gasteiger partial charge in [0.25, 0.3) is 0 Å². The van der Waals surface area contributed by atoms with Gasteiger partial charge in [-0.1, -0.05) is 0 Å². The molecule has 0 atom stereocenters. The summed E-state index contributed by atoms with van der Waals surface area (Å²) < 4.78 is 31.0. The van der Waals surface area contributed by atoms with Gasteiger partial charge in [0.15, 0.2) is 0 Å². The van der Waals surface area contributed by atoms with E-state index in [2.05, 4.69) is 0 Å². The molecule has 0 aliphatic rings. The van der Waals surface area contributed by atoms with Crippen LogP contribution in [0.15, 0.2) is 0 Å². The summed E-state index contributed by atoms with van der Waals surface area (Å²) in [5, 5.41) is 0. The molecule has 0 aromatic carbocycles. The van der Waals surface area contributed by atoms with Crippen molar-refractivity contribution in [3.63, 3.8) is 0 Å². The summed E-state index contributed by atoms with van der Waals surface area (Å²) in [6, 6.07) is 0. The van der Waals surface area contributed by atoms with Crippen molar-refractivity contribution in [2.75, 3.05) is 40.2 Å². The molecular weight excluding hydrogens is 279 g/mol. The van der Waals surface area contributed by atoms with Gasteiger partial charge in [-0.15, -0.1) is 0 Å². The molecule has 0 aromatic heterocycles. The van der Waals surface area contributed by atoms with E-state index in [9.17, 15) is 0 Å². The van der Waals surface area contributed by atoms with E-state index >= 15 is 0 Å². The van der Waals surface area contributed by atoms with Crippen molar-refractivity contribution in [3.05, 3.63) is 0 Å². The summed E-state index contributed by atoms with van der Waals surface area (Å²) >= 11 is -2.27. The van der Waals surface area contributed by atoms with Crippen LogP contribution in [0.2, 0.25) is 0 Å². The van der Waals surface area contributed by atoms with Crippen LogP contribution < -0.4 is 0 Å². The second-order valence-electron chi connectivity index (χ2n) is 2.44. The average Bonchev–Trinajstić information content (AvgIpc) is 2.29. The van der Waals surface area contributed by atoms with Crippen LogP contribution in [-0.4, -0.2) is 55.9 Å². The molecular formula is C9H21AsO6. The molecule has 0 saturated heterocycles. The zero-order valence-electron chi connectivity index (χ0n) is 10.1. The van der Waals surface area contributed by atoms with Gasteiger partial charge in [0.05, 0.1) is 0 Å². The average molecular weight is 300 g/mol. The van der Waals surface area contributed by atoms with Crippen molar-refractivity contribution in [3.8, 4) is 0 Å². The molecule has 0 amide bonds. The Morgan fingerprint density at radius 3 is 1.19 bits per heavy atom. The monoisotopic (exact) mass is 300 g/mol. The third-order valence-electron chi connectivity index (χ3n) is 1.34. The molecule has 0 N–H and O–H groups in total. The third kappa shape index (κ3) is 10.8. The van der Waals surface area contributed by atoms with E-state index in [1.54, 1.807) is 0 Å². The van der Waals surface area contributed by atoms with Crippen molar-refractivity contribution in [1.82, 2.24) is 0 Å². The van der Waals surface area contributed by atoms with Crippen molar-refractivity contribution < 1.29 is 25.4 Å². The quantitative estimate of drug-likeness (QED) is 0.304. The number of ether oxygens (including phenoxy) is 3. The number of hydrogen-bond donors (Lipinski definition) is 0. The van der Waals surface area contributed by atoms with Crippen molar-refractivity contribution in [2.45, 2.75) is 20.8 Å². The molecule has 0 unspecified atom stereocenters. The molecule has 0 bridgehead atoms. The third-order valence-corrected chi connectivity index (χ3v) is 3.33. The van der Waals surface area contributed by atoms with E-state index < -0.39 is 15.7 Å². The van der Waals surface area contributed by atoms with Crippen LogP contribution in [0.4, 0.5) is 0 Å². The predicted octanol–water partition coefficient (Wildman–Crippen LogP) is 1.00. The standard InChI is InChI=1S/C9H21AsO6/c1-4-11-7-14-10(15-8-12-5-2)16-9-13-6-3/h4-9H2,1-3H3. The van der Waals surface area contributed by atoms with E-state index in [1.807, 2.05) is 20.8 Å². The Morgan fingerprint density at radius 2 is 0.938 bits per heavy atom. The fourth-order valence-corrected chi connectivity index (χ4v) is 2.08. The van der Waals surface area contributed by atoms with Crippen LogP contribution >= 0.6 is 0 Å². The van der Waals surface area contributed by atoms with E-state index in [4.69, 9.17) is 25.4 Å². The van der Waals surface area contributed by atoms with Gasteiger partial charge in [0, 0.05) is 0 Å². The second kappa shape index (κ2) is 13.4. The van der Waals surface area contributed by atoms with E-state index in [0.717, 1.165) is 0 Å². The van der Waals surface area contributed by atoms with Gasteiger partial charge < -0.3 is 0 Å². The first-order valence-corrected chi connectivity index (χ1v) is 7.57. The molecule has 98 valence electrons. The predicted molar refractivity (Wildman–Crippen MR) is 58.5 cm³/mol. The molecule has 0 aliphatic carbocycles. The van der Waals surface area contributed by atoms with Crippen LogP contribution in [0.3, 0.4) is 0 Å². The molecule has 0 heterocycles. The molecule has 0 saturated carbocycles. The summed E-state index contributed by atoms with van der Waals surface area (Å²) in [4.78, 5) is 0. The van der Waals surface area contributed by atoms with Crippen LogP contribution in [0, 0.1) is 0 Å². The van der Waals surface area contributed by atoms with Crippen molar-refractivity contribution in [1.29, 1.82) is 0 Å². The van der Waals surface area contributed by atoms with Gasteiger partial charge in [-0.25, -0.2) is 0 Å². The molecule has 0 rings (SSSR count). The van der Waals surface area contributed by atoms with Gasteiger partial charge >= 0.3 is 102 Å². The van der Waals surface area contributed by atoms with Crippen LogP contribution in [0.5, 0.6) is 0 Å². The van der Waals surface area contributed by atoms with Crippen LogP contribution in [0.1, 0.15) is 20.8 Å². The SMILES string of the molecule is CCOCO[As](OCOCC)OCOCC. The summed E-state index contributed by atoms with van der Waals surface area (Å²) in [7, 11) is 0. The first-order chi connectivity index (χ1) is 7.85. The Labute approximate surface area is 102 Å². The van der Waals surface area contributed by atoms with Crippen molar-refractivity contribution >= 4 is 15.7 Å². The van der Waals surface area contributed by atoms with E-state index in [1.165, 1.54) is 0 Å². The Kier molecular flexibility index (Phi) is 13.7. The molecule has 0 radical (unpaired) electrons. The van der Waals surface area contributed by atoms with Crippen molar-refractivity contribution in [2.24, 2.45) is 0 Å².